The fourth-order valence-corrected chi connectivity index (χ4v) is 3.93. The Balaban J connectivity index is 1.62. The lowest BCUT2D eigenvalue weighted by Crippen LogP contribution is -2.47. The minimum absolute atomic E-state index is 0.0987. The van der Waals surface area contributed by atoms with Gasteiger partial charge in [0.05, 0.1) is 19.3 Å². The highest BCUT2D eigenvalue weighted by Gasteiger charge is 2.26. The van der Waals surface area contributed by atoms with Crippen LogP contribution in [-0.4, -0.2) is 46.9 Å². The molecule has 1 aliphatic heterocycles. The fourth-order valence-electron chi connectivity index (χ4n) is 3.17. The number of aliphatic hydroxyl groups excluding tert-OH is 1. The molecular weight excluding hydrogens is 324 g/mol. The van der Waals surface area contributed by atoms with Gasteiger partial charge in [0, 0.05) is 36.8 Å². The lowest BCUT2D eigenvalue weighted by Gasteiger charge is -2.36. The van der Waals surface area contributed by atoms with Gasteiger partial charge in [-0.05, 0) is 18.9 Å². The third-order valence-corrected chi connectivity index (χ3v) is 5.50. The summed E-state index contributed by atoms with van der Waals surface area (Å²) in [5.74, 6) is 0. The highest BCUT2D eigenvalue weighted by Crippen LogP contribution is 2.22. The molecular formula is C18H24N2O3S. The molecule has 0 spiro atoms. The first-order valence-electron chi connectivity index (χ1n) is 8.35. The molecule has 0 aliphatic carbocycles. The van der Waals surface area contributed by atoms with Gasteiger partial charge in [0.25, 0.3) is 0 Å². The molecule has 1 aromatic heterocycles. The van der Waals surface area contributed by atoms with Gasteiger partial charge < -0.3 is 14.4 Å². The van der Waals surface area contributed by atoms with Crippen LogP contribution in [0.5, 0.6) is 0 Å². The SMILES string of the molecule is Cc1csc(=O)n1CCN1CCOCC1CC(O)c1ccccc1. The van der Waals surface area contributed by atoms with Gasteiger partial charge in [0.1, 0.15) is 0 Å². The molecule has 2 heterocycles. The molecule has 1 saturated heterocycles. The second-order valence-electron chi connectivity index (χ2n) is 6.22. The Kier molecular flexibility index (Phi) is 5.84. The molecule has 0 amide bonds. The first kappa shape index (κ1) is 17.4. The van der Waals surface area contributed by atoms with E-state index in [-0.39, 0.29) is 10.9 Å². The Morgan fingerprint density at radius 2 is 2.12 bits per heavy atom. The van der Waals surface area contributed by atoms with Gasteiger partial charge in [-0.15, -0.1) is 0 Å². The highest BCUT2D eigenvalue weighted by molar-refractivity contribution is 7.07. The molecule has 1 N–H and O–H groups in total. The number of aliphatic hydroxyl groups is 1. The van der Waals surface area contributed by atoms with Crippen LogP contribution in [0.4, 0.5) is 0 Å². The number of aromatic nitrogens is 1. The predicted octanol–water partition coefficient (Wildman–Crippen LogP) is 2.04. The smallest absolute Gasteiger partial charge is 0.307 e. The lowest BCUT2D eigenvalue weighted by atomic mass is 10.0. The Labute approximate surface area is 146 Å². The van der Waals surface area contributed by atoms with E-state index in [0.29, 0.717) is 26.2 Å². The Morgan fingerprint density at radius 3 is 2.83 bits per heavy atom. The maximum atomic E-state index is 11.9. The van der Waals surface area contributed by atoms with E-state index in [2.05, 4.69) is 4.90 Å². The van der Waals surface area contributed by atoms with E-state index in [1.807, 2.05) is 47.2 Å². The number of thiazole rings is 1. The summed E-state index contributed by atoms with van der Waals surface area (Å²) in [5.41, 5.74) is 1.95. The van der Waals surface area contributed by atoms with Crippen molar-refractivity contribution in [1.82, 2.24) is 9.47 Å². The monoisotopic (exact) mass is 348 g/mol. The summed E-state index contributed by atoms with van der Waals surface area (Å²) in [6.07, 6.45) is 0.146. The molecule has 2 aromatic rings. The molecule has 1 aromatic carbocycles. The van der Waals surface area contributed by atoms with Crippen LogP contribution in [0.15, 0.2) is 40.5 Å². The van der Waals surface area contributed by atoms with Gasteiger partial charge in [-0.3, -0.25) is 9.69 Å². The van der Waals surface area contributed by atoms with Gasteiger partial charge in [-0.1, -0.05) is 41.7 Å². The normalized spacial score (nSPS) is 20.2. The van der Waals surface area contributed by atoms with Gasteiger partial charge in [-0.25, -0.2) is 0 Å². The molecule has 130 valence electrons. The molecule has 3 rings (SSSR count). The number of ether oxygens (including phenoxy) is 1. The maximum Gasteiger partial charge on any atom is 0.307 e. The lowest BCUT2D eigenvalue weighted by molar-refractivity contribution is -0.0274. The number of rotatable bonds is 6. The van der Waals surface area contributed by atoms with E-state index in [0.717, 1.165) is 24.3 Å². The van der Waals surface area contributed by atoms with Crippen LogP contribution in [0.3, 0.4) is 0 Å². The number of hydrogen-bond acceptors (Lipinski definition) is 5. The molecule has 1 fully saturated rings. The second-order valence-corrected chi connectivity index (χ2v) is 7.04. The van der Waals surface area contributed by atoms with Gasteiger partial charge in [0.15, 0.2) is 0 Å². The summed E-state index contributed by atoms with van der Waals surface area (Å²) in [6.45, 7) is 5.62. The van der Waals surface area contributed by atoms with Crippen LogP contribution in [-0.2, 0) is 11.3 Å². The molecule has 24 heavy (non-hydrogen) atoms. The molecule has 0 saturated carbocycles. The zero-order chi connectivity index (χ0) is 16.9. The predicted molar refractivity (Wildman–Crippen MR) is 95.5 cm³/mol. The Hall–Kier alpha value is -1.47. The number of benzene rings is 1. The molecule has 5 nitrogen and oxygen atoms in total. The van der Waals surface area contributed by atoms with Crippen LogP contribution in [0.25, 0.3) is 0 Å². The van der Waals surface area contributed by atoms with Crippen LogP contribution >= 0.6 is 11.3 Å². The first-order chi connectivity index (χ1) is 11.6. The van der Waals surface area contributed by atoms with Crippen LogP contribution in [0.2, 0.25) is 0 Å². The van der Waals surface area contributed by atoms with Gasteiger partial charge in [0.2, 0.25) is 0 Å². The van der Waals surface area contributed by atoms with E-state index in [1.54, 1.807) is 0 Å². The molecule has 1 aliphatic rings. The average Bonchev–Trinajstić information content (AvgIpc) is 2.93. The third kappa shape index (κ3) is 4.13. The van der Waals surface area contributed by atoms with E-state index in [9.17, 15) is 9.90 Å². The minimum atomic E-state index is -0.494. The first-order valence-corrected chi connectivity index (χ1v) is 9.23. The van der Waals surface area contributed by atoms with Crippen molar-refractivity contribution in [2.75, 3.05) is 26.3 Å². The van der Waals surface area contributed by atoms with E-state index < -0.39 is 6.10 Å². The number of nitrogens with zero attached hydrogens (tertiary/aromatic N) is 2. The van der Waals surface area contributed by atoms with Crippen LogP contribution in [0.1, 0.15) is 23.8 Å². The van der Waals surface area contributed by atoms with Crippen molar-refractivity contribution in [3.05, 3.63) is 56.6 Å². The van der Waals surface area contributed by atoms with Crippen LogP contribution < -0.4 is 4.87 Å². The second kappa shape index (κ2) is 8.07. The highest BCUT2D eigenvalue weighted by atomic mass is 32.1. The van der Waals surface area contributed by atoms with Gasteiger partial charge >= 0.3 is 4.87 Å². The molecule has 2 unspecified atom stereocenters. The molecule has 2 atom stereocenters. The van der Waals surface area contributed by atoms with Crippen LogP contribution in [0, 0.1) is 6.92 Å². The zero-order valence-electron chi connectivity index (χ0n) is 13.9. The maximum absolute atomic E-state index is 11.9. The van der Waals surface area contributed by atoms with Crippen molar-refractivity contribution < 1.29 is 9.84 Å². The van der Waals surface area contributed by atoms with Crippen molar-refractivity contribution in [3.63, 3.8) is 0 Å². The summed E-state index contributed by atoms with van der Waals surface area (Å²) in [4.78, 5) is 14.3. The van der Waals surface area contributed by atoms with E-state index >= 15 is 0 Å². The zero-order valence-corrected chi connectivity index (χ0v) is 14.7. The number of aryl methyl sites for hydroxylation is 1. The average molecular weight is 348 g/mol. The number of morpholine rings is 1. The molecule has 0 radical (unpaired) electrons. The van der Waals surface area contributed by atoms with Crippen molar-refractivity contribution >= 4 is 11.3 Å². The Morgan fingerprint density at radius 1 is 1.33 bits per heavy atom. The van der Waals surface area contributed by atoms with Crippen molar-refractivity contribution in [2.45, 2.75) is 32.0 Å². The topological polar surface area (TPSA) is 54.7 Å². The number of hydrogen-bond donors (Lipinski definition) is 1. The largest absolute Gasteiger partial charge is 0.388 e. The quantitative estimate of drug-likeness (QED) is 0.868. The van der Waals surface area contributed by atoms with Crippen molar-refractivity contribution in [3.8, 4) is 0 Å². The summed E-state index contributed by atoms with van der Waals surface area (Å²) >= 11 is 1.25. The van der Waals surface area contributed by atoms with Gasteiger partial charge in [-0.2, -0.15) is 0 Å². The summed E-state index contributed by atoms with van der Waals surface area (Å²) in [7, 11) is 0. The summed E-state index contributed by atoms with van der Waals surface area (Å²) in [5, 5.41) is 12.4. The molecule has 0 bridgehead atoms. The van der Waals surface area contributed by atoms with E-state index in [1.165, 1.54) is 11.3 Å². The minimum Gasteiger partial charge on any atom is -0.388 e. The fraction of sp³-hybridized carbons (Fsp3) is 0.500. The molecule has 6 heteroatoms. The summed E-state index contributed by atoms with van der Waals surface area (Å²) < 4.78 is 7.44. The summed E-state index contributed by atoms with van der Waals surface area (Å²) in [6, 6.07) is 9.91. The standard InChI is InChI=1S/C18H24N2O3S/c1-14-13-24-18(22)20(14)8-7-19-9-10-23-12-16(19)11-17(21)15-5-3-2-4-6-15/h2-6,13,16-17,21H,7-12H2,1H3. The van der Waals surface area contributed by atoms with Crippen molar-refractivity contribution in [1.29, 1.82) is 0 Å². The van der Waals surface area contributed by atoms with Crippen molar-refractivity contribution in [2.24, 2.45) is 0 Å². The Bertz CT molecular complexity index is 698. The third-order valence-electron chi connectivity index (χ3n) is 4.62. The van der Waals surface area contributed by atoms with E-state index in [4.69, 9.17) is 4.74 Å².